The van der Waals surface area contributed by atoms with E-state index in [0.29, 0.717) is 5.57 Å². The van der Waals surface area contributed by atoms with E-state index in [0.717, 1.165) is 18.3 Å². The molecular formula is C12H12O. The fraction of sp³-hybridized carbons (Fsp3) is 0.250. The highest BCUT2D eigenvalue weighted by atomic mass is 16.1. The Labute approximate surface area is 78.1 Å². The monoisotopic (exact) mass is 172 g/mol. The average molecular weight is 172 g/mol. The summed E-state index contributed by atoms with van der Waals surface area (Å²) < 4.78 is 0. The molecule has 0 atom stereocenters. The summed E-state index contributed by atoms with van der Waals surface area (Å²) in [6.07, 6.45) is 4.39. The van der Waals surface area contributed by atoms with E-state index in [1.54, 1.807) is 0 Å². The molecular weight excluding hydrogens is 160 g/mol. The highest BCUT2D eigenvalue weighted by molar-refractivity contribution is 6.05. The van der Waals surface area contributed by atoms with Crippen molar-refractivity contribution >= 4 is 11.9 Å². The van der Waals surface area contributed by atoms with Crippen LogP contribution in [0.1, 0.15) is 23.1 Å². The molecule has 0 saturated heterocycles. The number of hydrogen-bond acceptors (Lipinski definition) is 1. The molecule has 0 saturated carbocycles. The zero-order valence-corrected chi connectivity index (χ0v) is 7.55. The van der Waals surface area contributed by atoms with E-state index in [-0.39, 0.29) is 0 Å². The number of benzene rings is 1. The average Bonchev–Trinajstić information content (AvgIpc) is 2.63. The molecule has 0 spiro atoms. The Balaban J connectivity index is 2.41. The molecule has 0 aromatic heterocycles. The maximum absolute atomic E-state index is 10.5. The number of fused-ring (bicyclic) bond motifs is 1. The summed E-state index contributed by atoms with van der Waals surface area (Å²) in [6, 6.07) is 6.20. The summed E-state index contributed by atoms with van der Waals surface area (Å²) in [5, 5.41) is 0. The number of carbonyl (C=O) groups excluding carboxylic acids is 1. The van der Waals surface area contributed by atoms with Gasteiger partial charge in [-0.25, -0.2) is 0 Å². The molecule has 0 N–H and O–H groups in total. The lowest BCUT2D eigenvalue weighted by molar-refractivity contribution is -0.103. The Morgan fingerprint density at radius 2 is 2.08 bits per heavy atom. The highest BCUT2D eigenvalue weighted by Crippen LogP contribution is 2.24. The SMILES string of the molecule is C=C(C=O)c1ccc2c(c1)CCC2. The molecule has 0 bridgehead atoms. The van der Waals surface area contributed by atoms with Crippen LogP contribution in [-0.2, 0) is 17.6 Å². The first kappa shape index (κ1) is 8.24. The van der Waals surface area contributed by atoms with Gasteiger partial charge >= 0.3 is 0 Å². The van der Waals surface area contributed by atoms with Crippen LogP contribution in [0.3, 0.4) is 0 Å². The molecule has 0 aliphatic heterocycles. The maximum atomic E-state index is 10.5. The standard InChI is InChI=1S/C12H12O/c1-9(8-13)11-6-5-10-3-2-4-12(10)7-11/h5-8H,1-4H2. The smallest absolute Gasteiger partial charge is 0.150 e. The van der Waals surface area contributed by atoms with Crippen molar-refractivity contribution in [2.75, 3.05) is 0 Å². The van der Waals surface area contributed by atoms with Crippen molar-refractivity contribution in [3.05, 3.63) is 41.5 Å². The van der Waals surface area contributed by atoms with Gasteiger partial charge in [0.15, 0.2) is 0 Å². The van der Waals surface area contributed by atoms with Crippen molar-refractivity contribution in [2.45, 2.75) is 19.3 Å². The topological polar surface area (TPSA) is 17.1 Å². The predicted octanol–water partition coefficient (Wildman–Crippen LogP) is 2.39. The second kappa shape index (κ2) is 3.17. The molecule has 1 aromatic carbocycles. The van der Waals surface area contributed by atoms with Crippen LogP contribution in [0.15, 0.2) is 24.8 Å². The number of rotatable bonds is 2. The zero-order valence-electron chi connectivity index (χ0n) is 7.55. The van der Waals surface area contributed by atoms with Crippen LogP contribution < -0.4 is 0 Å². The lowest BCUT2D eigenvalue weighted by Crippen LogP contribution is -1.88. The first-order chi connectivity index (χ1) is 6.31. The van der Waals surface area contributed by atoms with E-state index in [2.05, 4.69) is 18.7 Å². The Bertz CT molecular complexity index is 363. The normalized spacial score (nSPS) is 13.8. The summed E-state index contributed by atoms with van der Waals surface area (Å²) in [7, 11) is 0. The van der Waals surface area contributed by atoms with E-state index in [4.69, 9.17) is 0 Å². The van der Waals surface area contributed by atoms with Crippen molar-refractivity contribution in [2.24, 2.45) is 0 Å². The molecule has 0 heterocycles. The molecule has 0 radical (unpaired) electrons. The lowest BCUT2D eigenvalue weighted by Gasteiger charge is -2.02. The first-order valence-electron chi connectivity index (χ1n) is 4.57. The maximum Gasteiger partial charge on any atom is 0.150 e. The third-order valence-electron chi connectivity index (χ3n) is 2.61. The van der Waals surface area contributed by atoms with Gasteiger partial charge in [0.2, 0.25) is 0 Å². The molecule has 66 valence electrons. The molecule has 0 unspecified atom stereocenters. The van der Waals surface area contributed by atoms with Crippen molar-refractivity contribution in [1.82, 2.24) is 0 Å². The summed E-state index contributed by atoms with van der Waals surface area (Å²) in [5.74, 6) is 0. The third kappa shape index (κ3) is 1.42. The van der Waals surface area contributed by atoms with Gasteiger partial charge in [0.1, 0.15) is 6.29 Å². The second-order valence-electron chi connectivity index (χ2n) is 3.48. The number of carbonyl (C=O) groups is 1. The fourth-order valence-corrected chi connectivity index (χ4v) is 1.84. The van der Waals surface area contributed by atoms with Gasteiger partial charge < -0.3 is 0 Å². The first-order valence-corrected chi connectivity index (χ1v) is 4.57. The largest absolute Gasteiger partial charge is 0.298 e. The van der Waals surface area contributed by atoms with Crippen LogP contribution in [0.5, 0.6) is 0 Å². The van der Waals surface area contributed by atoms with Gasteiger partial charge in [-0.3, -0.25) is 4.79 Å². The van der Waals surface area contributed by atoms with Gasteiger partial charge in [-0.15, -0.1) is 0 Å². The molecule has 0 fully saturated rings. The van der Waals surface area contributed by atoms with Crippen LogP contribution in [-0.4, -0.2) is 6.29 Å². The molecule has 1 nitrogen and oxygen atoms in total. The van der Waals surface area contributed by atoms with E-state index in [9.17, 15) is 4.79 Å². The summed E-state index contributed by atoms with van der Waals surface area (Å²) in [6.45, 7) is 3.70. The minimum atomic E-state index is 0.578. The van der Waals surface area contributed by atoms with Crippen LogP contribution in [0.4, 0.5) is 0 Å². The van der Waals surface area contributed by atoms with Crippen LogP contribution in [0.25, 0.3) is 5.57 Å². The number of aryl methyl sites for hydroxylation is 2. The molecule has 2 rings (SSSR count). The van der Waals surface area contributed by atoms with Gasteiger partial charge in [0, 0.05) is 5.57 Å². The van der Waals surface area contributed by atoms with Crippen molar-refractivity contribution in [1.29, 1.82) is 0 Å². The van der Waals surface area contributed by atoms with Gasteiger partial charge in [0.05, 0.1) is 0 Å². The quantitative estimate of drug-likeness (QED) is 0.494. The van der Waals surface area contributed by atoms with E-state index in [1.807, 2.05) is 6.07 Å². The molecule has 1 heteroatoms. The van der Waals surface area contributed by atoms with Crippen LogP contribution in [0.2, 0.25) is 0 Å². The zero-order chi connectivity index (χ0) is 9.26. The summed E-state index contributed by atoms with van der Waals surface area (Å²) in [4.78, 5) is 10.5. The van der Waals surface area contributed by atoms with Gasteiger partial charge in [-0.2, -0.15) is 0 Å². The number of allylic oxidation sites excluding steroid dienone is 1. The summed E-state index contributed by atoms with van der Waals surface area (Å²) >= 11 is 0. The minimum absolute atomic E-state index is 0.578. The molecule has 1 aliphatic rings. The third-order valence-corrected chi connectivity index (χ3v) is 2.61. The fourth-order valence-electron chi connectivity index (χ4n) is 1.84. The van der Waals surface area contributed by atoms with Gasteiger partial charge in [-0.1, -0.05) is 24.8 Å². The number of aldehydes is 1. The van der Waals surface area contributed by atoms with Gasteiger partial charge in [0.25, 0.3) is 0 Å². The Morgan fingerprint density at radius 1 is 1.31 bits per heavy atom. The van der Waals surface area contributed by atoms with Crippen LogP contribution >= 0.6 is 0 Å². The van der Waals surface area contributed by atoms with Crippen LogP contribution in [0, 0.1) is 0 Å². The predicted molar refractivity (Wildman–Crippen MR) is 53.6 cm³/mol. The van der Waals surface area contributed by atoms with Crippen molar-refractivity contribution in [3.8, 4) is 0 Å². The number of hydrogen-bond donors (Lipinski definition) is 0. The molecule has 1 aromatic rings. The summed E-state index contributed by atoms with van der Waals surface area (Å²) in [5.41, 5.74) is 4.37. The molecule has 0 amide bonds. The second-order valence-corrected chi connectivity index (χ2v) is 3.48. The van der Waals surface area contributed by atoms with Gasteiger partial charge in [-0.05, 0) is 36.0 Å². The Kier molecular flexibility index (Phi) is 2.01. The van der Waals surface area contributed by atoms with E-state index < -0.39 is 0 Å². The van der Waals surface area contributed by atoms with E-state index >= 15 is 0 Å². The minimum Gasteiger partial charge on any atom is -0.298 e. The highest BCUT2D eigenvalue weighted by Gasteiger charge is 2.11. The Morgan fingerprint density at radius 3 is 2.85 bits per heavy atom. The lowest BCUT2D eigenvalue weighted by atomic mass is 10.0. The van der Waals surface area contributed by atoms with E-state index in [1.165, 1.54) is 24.0 Å². The molecule has 1 aliphatic carbocycles. The Hall–Kier alpha value is -1.37. The van der Waals surface area contributed by atoms with Crippen molar-refractivity contribution in [3.63, 3.8) is 0 Å². The van der Waals surface area contributed by atoms with Crippen molar-refractivity contribution < 1.29 is 4.79 Å². The molecule has 13 heavy (non-hydrogen) atoms.